The first-order valence-electron chi connectivity index (χ1n) is 12.4. The lowest BCUT2D eigenvalue weighted by Gasteiger charge is -2.58. The van der Waals surface area contributed by atoms with Gasteiger partial charge < -0.3 is 15.2 Å². The summed E-state index contributed by atoms with van der Waals surface area (Å²) < 4.78 is 5.47. The normalized spacial score (nSPS) is 36.3. The predicted molar refractivity (Wildman–Crippen MR) is 118 cm³/mol. The molecule has 1 amide bonds. The van der Waals surface area contributed by atoms with Crippen molar-refractivity contribution in [2.45, 2.75) is 89.2 Å². The summed E-state index contributed by atoms with van der Waals surface area (Å²) in [5.41, 5.74) is 1.00. The molecule has 5 fully saturated rings. The van der Waals surface area contributed by atoms with Crippen LogP contribution in [0.1, 0.15) is 93.0 Å². The van der Waals surface area contributed by atoms with Crippen LogP contribution in [0.25, 0.3) is 0 Å². The van der Waals surface area contributed by atoms with Gasteiger partial charge in [-0.05, 0) is 81.0 Å². The van der Waals surface area contributed by atoms with Crippen LogP contribution < -0.4 is 5.32 Å². The molecule has 1 aromatic rings. The monoisotopic (exact) mass is 427 g/mol. The van der Waals surface area contributed by atoms with E-state index in [1.165, 1.54) is 6.42 Å². The Morgan fingerprint density at radius 3 is 2.71 bits per heavy atom. The molecule has 170 valence electrons. The number of amides is 1. The van der Waals surface area contributed by atoms with E-state index in [-0.39, 0.29) is 17.9 Å². The minimum Gasteiger partial charge on any atom is -0.390 e. The molecule has 0 aromatic carbocycles. The third kappa shape index (κ3) is 4.38. The molecule has 6 heteroatoms. The van der Waals surface area contributed by atoms with Gasteiger partial charge in [-0.15, -0.1) is 0 Å². The summed E-state index contributed by atoms with van der Waals surface area (Å²) in [4.78, 5) is 22.6. The highest BCUT2D eigenvalue weighted by molar-refractivity contribution is 5.95. The number of rotatable bonds is 7. The molecule has 1 aliphatic heterocycles. The molecule has 6 rings (SSSR count). The van der Waals surface area contributed by atoms with Gasteiger partial charge >= 0.3 is 0 Å². The van der Waals surface area contributed by atoms with Crippen molar-refractivity contribution in [2.24, 2.45) is 23.7 Å². The first kappa shape index (κ1) is 21.3. The van der Waals surface area contributed by atoms with Gasteiger partial charge in [0, 0.05) is 31.9 Å². The lowest BCUT2D eigenvalue weighted by atomic mass is 9.52. The predicted octanol–water partition coefficient (Wildman–Crippen LogP) is 3.63. The molecule has 4 aliphatic carbocycles. The molecular weight excluding hydrogens is 390 g/mol. The van der Waals surface area contributed by atoms with E-state index in [9.17, 15) is 9.90 Å². The van der Waals surface area contributed by atoms with E-state index in [2.05, 4.69) is 24.1 Å². The number of hydrogen-bond donors (Lipinski definition) is 2. The van der Waals surface area contributed by atoms with Gasteiger partial charge in [-0.3, -0.25) is 4.79 Å². The Balaban J connectivity index is 1.25. The van der Waals surface area contributed by atoms with E-state index >= 15 is 0 Å². The van der Waals surface area contributed by atoms with Crippen LogP contribution in [0.15, 0.2) is 6.20 Å². The Labute approximate surface area is 185 Å². The topological polar surface area (TPSA) is 84.3 Å². The second kappa shape index (κ2) is 8.43. The molecule has 2 N–H and O–H groups in total. The highest BCUT2D eigenvalue weighted by Crippen LogP contribution is 2.55. The molecular formula is C25H37N3O3. The minimum atomic E-state index is -0.476. The van der Waals surface area contributed by atoms with E-state index in [0.29, 0.717) is 29.2 Å². The van der Waals surface area contributed by atoms with Gasteiger partial charge in [-0.25, -0.2) is 9.97 Å². The molecule has 5 aliphatic rings. The maximum absolute atomic E-state index is 13.3. The number of aryl methyl sites for hydroxylation is 1. The Bertz CT molecular complexity index is 804. The molecule has 4 saturated carbocycles. The standard InChI is InChI=1S/C25H37N3O3/c1-15(2)22-20(13-26-21(27-22)5-3-4-16-6-7-31-14-16)24(29)28-23-18-8-17-9-19(23)12-25(30,10-17)11-18/h13,15-19,23,30H,3-12,14H2,1-2H3,(H,28,29). The highest BCUT2D eigenvalue weighted by atomic mass is 16.5. The van der Waals surface area contributed by atoms with Crippen LogP contribution >= 0.6 is 0 Å². The summed E-state index contributed by atoms with van der Waals surface area (Å²) in [5, 5.41) is 14.2. The number of hydrogen-bond acceptors (Lipinski definition) is 5. The summed E-state index contributed by atoms with van der Waals surface area (Å²) >= 11 is 0. The lowest BCUT2D eigenvalue weighted by molar-refractivity contribution is -0.136. The maximum atomic E-state index is 13.3. The highest BCUT2D eigenvalue weighted by Gasteiger charge is 2.55. The van der Waals surface area contributed by atoms with Gasteiger partial charge in [-0.1, -0.05) is 13.8 Å². The van der Waals surface area contributed by atoms with Crippen molar-refractivity contribution in [3.63, 3.8) is 0 Å². The quantitative estimate of drug-likeness (QED) is 0.694. The fraction of sp³-hybridized carbons (Fsp3) is 0.800. The third-order valence-electron chi connectivity index (χ3n) is 8.23. The third-order valence-corrected chi connectivity index (χ3v) is 8.23. The second-order valence-electron chi connectivity index (χ2n) is 11.1. The Hall–Kier alpha value is -1.53. The van der Waals surface area contributed by atoms with Crippen LogP contribution in [-0.4, -0.2) is 45.8 Å². The average Bonchev–Trinajstić information content (AvgIpc) is 3.22. The fourth-order valence-electron chi connectivity index (χ4n) is 6.97. The van der Waals surface area contributed by atoms with Crippen LogP contribution in [0.2, 0.25) is 0 Å². The Kier molecular flexibility index (Phi) is 5.80. The van der Waals surface area contributed by atoms with Gasteiger partial charge in [-0.2, -0.15) is 0 Å². The summed E-state index contributed by atoms with van der Waals surface area (Å²) in [6.45, 7) is 5.97. The van der Waals surface area contributed by atoms with Crippen molar-refractivity contribution in [1.82, 2.24) is 15.3 Å². The largest absolute Gasteiger partial charge is 0.390 e. The molecule has 3 unspecified atom stereocenters. The van der Waals surface area contributed by atoms with Crippen molar-refractivity contribution in [3.8, 4) is 0 Å². The number of aromatic nitrogens is 2. The van der Waals surface area contributed by atoms with Crippen molar-refractivity contribution in [3.05, 3.63) is 23.3 Å². The molecule has 4 bridgehead atoms. The van der Waals surface area contributed by atoms with E-state index < -0.39 is 5.60 Å². The summed E-state index contributed by atoms with van der Waals surface area (Å²) in [6.07, 6.45) is 10.9. The van der Waals surface area contributed by atoms with Crippen LogP contribution in [0.4, 0.5) is 0 Å². The molecule has 1 aromatic heterocycles. The van der Waals surface area contributed by atoms with E-state index in [4.69, 9.17) is 9.72 Å². The average molecular weight is 428 g/mol. The van der Waals surface area contributed by atoms with E-state index in [1.807, 2.05) is 0 Å². The molecule has 0 spiro atoms. The minimum absolute atomic E-state index is 0.0391. The first-order valence-corrected chi connectivity index (χ1v) is 12.4. The second-order valence-corrected chi connectivity index (χ2v) is 11.1. The Morgan fingerprint density at radius 1 is 1.29 bits per heavy atom. The fourth-order valence-corrected chi connectivity index (χ4v) is 6.97. The van der Waals surface area contributed by atoms with Gasteiger partial charge in [0.25, 0.3) is 5.91 Å². The van der Waals surface area contributed by atoms with Crippen LogP contribution in [0.3, 0.4) is 0 Å². The summed E-state index contributed by atoms with van der Waals surface area (Å²) in [6, 6.07) is 0.178. The molecule has 1 saturated heterocycles. The SMILES string of the molecule is CC(C)c1nc(CCCC2CCOC2)ncc1C(=O)NC1C2CC3CC1CC(O)(C3)C2. The van der Waals surface area contributed by atoms with Crippen LogP contribution in [0.5, 0.6) is 0 Å². The smallest absolute Gasteiger partial charge is 0.254 e. The van der Waals surface area contributed by atoms with E-state index in [1.54, 1.807) is 6.20 Å². The summed E-state index contributed by atoms with van der Waals surface area (Å²) in [7, 11) is 0. The first-order chi connectivity index (χ1) is 14.9. The Morgan fingerprint density at radius 2 is 2.06 bits per heavy atom. The number of carbonyl (C=O) groups excluding carboxylic acids is 1. The molecule has 2 heterocycles. The zero-order chi connectivity index (χ0) is 21.6. The zero-order valence-electron chi connectivity index (χ0n) is 19.0. The molecule has 0 radical (unpaired) electrons. The number of nitrogens with one attached hydrogen (secondary N) is 1. The van der Waals surface area contributed by atoms with Crippen molar-refractivity contribution in [1.29, 1.82) is 0 Å². The van der Waals surface area contributed by atoms with Crippen molar-refractivity contribution < 1.29 is 14.6 Å². The number of nitrogens with zero attached hydrogens (tertiary/aromatic N) is 2. The maximum Gasteiger partial charge on any atom is 0.254 e. The van der Waals surface area contributed by atoms with Gasteiger partial charge in [0.1, 0.15) is 5.82 Å². The van der Waals surface area contributed by atoms with Gasteiger partial charge in [0.05, 0.1) is 16.9 Å². The van der Waals surface area contributed by atoms with Gasteiger partial charge in [0.2, 0.25) is 0 Å². The van der Waals surface area contributed by atoms with Crippen molar-refractivity contribution >= 4 is 5.91 Å². The molecule has 31 heavy (non-hydrogen) atoms. The van der Waals surface area contributed by atoms with E-state index in [0.717, 1.165) is 76.1 Å². The summed E-state index contributed by atoms with van der Waals surface area (Å²) in [5.74, 6) is 3.10. The van der Waals surface area contributed by atoms with Crippen molar-refractivity contribution in [2.75, 3.05) is 13.2 Å². The lowest BCUT2D eigenvalue weighted by Crippen LogP contribution is -2.61. The number of aliphatic hydroxyl groups is 1. The van der Waals surface area contributed by atoms with Crippen LogP contribution in [0, 0.1) is 23.7 Å². The number of carbonyl (C=O) groups is 1. The van der Waals surface area contributed by atoms with Gasteiger partial charge in [0.15, 0.2) is 0 Å². The molecule has 6 nitrogen and oxygen atoms in total. The van der Waals surface area contributed by atoms with Crippen LogP contribution in [-0.2, 0) is 11.2 Å². The number of ether oxygens (including phenoxy) is 1. The zero-order valence-corrected chi connectivity index (χ0v) is 19.0. The molecule has 3 atom stereocenters.